The Morgan fingerprint density at radius 2 is 1.93 bits per heavy atom. The monoisotopic (exact) mass is 425 g/mol. The summed E-state index contributed by atoms with van der Waals surface area (Å²) < 4.78 is 17.8. The third-order valence-corrected chi connectivity index (χ3v) is 5.62. The van der Waals surface area contributed by atoms with Crippen molar-refractivity contribution in [1.82, 2.24) is 19.9 Å². The number of halogens is 1. The van der Waals surface area contributed by atoms with Crippen molar-refractivity contribution in [2.24, 2.45) is 0 Å². The van der Waals surface area contributed by atoms with Gasteiger partial charge < -0.3 is 5.32 Å². The SMILES string of the molecule is O=C(NC1CCCC1)[C@H](c1ccncc1)N(C(=O)c1csnn1)c1cccc(F)c1. The Balaban J connectivity index is 1.79. The summed E-state index contributed by atoms with van der Waals surface area (Å²) in [5.74, 6) is -1.36. The molecule has 0 spiro atoms. The lowest BCUT2D eigenvalue weighted by Crippen LogP contribution is -2.46. The van der Waals surface area contributed by atoms with E-state index in [-0.39, 0.29) is 23.3 Å². The minimum absolute atomic E-state index is 0.0623. The molecule has 0 saturated heterocycles. The predicted octanol–water partition coefficient (Wildman–Crippen LogP) is 3.52. The third kappa shape index (κ3) is 4.35. The van der Waals surface area contributed by atoms with Crippen molar-refractivity contribution < 1.29 is 14.0 Å². The number of benzene rings is 1. The van der Waals surface area contributed by atoms with Crippen LogP contribution in [0.5, 0.6) is 0 Å². The first kappa shape index (κ1) is 20.1. The molecular formula is C21H20FN5O2S. The van der Waals surface area contributed by atoms with Crippen LogP contribution < -0.4 is 10.2 Å². The highest BCUT2D eigenvalue weighted by atomic mass is 32.1. The molecule has 1 aromatic carbocycles. The van der Waals surface area contributed by atoms with Gasteiger partial charge in [-0.1, -0.05) is 23.4 Å². The van der Waals surface area contributed by atoms with E-state index in [0.29, 0.717) is 5.56 Å². The van der Waals surface area contributed by atoms with Crippen LogP contribution in [0.15, 0.2) is 54.2 Å². The summed E-state index contributed by atoms with van der Waals surface area (Å²) in [5.41, 5.74) is 0.926. The van der Waals surface area contributed by atoms with Crippen molar-refractivity contribution in [3.63, 3.8) is 0 Å². The highest BCUT2D eigenvalue weighted by Gasteiger charge is 2.35. The topological polar surface area (TPSA) is 88.1 Å². The highest BCUT2D eigenvalue weighted by Crippen LogP contribution is 2.30. The Labute approximate surface area is 177 Å². The molecule has 3 aromatic rings. The zero-order chi connectivity index (χ0) is 20.9. The van der Waals surface area contributed by atoms with Gasteiger partial charge in [-0.25, -0.2) is 4.39 Å². The van der Waals surface area contributed by atoms with E-state index in [9.17, 15) is 14.0 Å². The molecule has 30 heavy (non-hydrogen) atoms. The molecule has 1 aliphatic carbocycles. The van der Waals surface area contributed by atoms with Crippen LogP contribution in [0, 0.1) is 5.82 Å². The normalized spacial score (nSPS) is 15.0. The van der Waals surface area contributed by atoms with Gasteiger partial charge in [0.25, 0.3) is 5.91 Å². The van der Waals surface area contributed by atoms with Gasteiger partial charge in [0.05, 0.1) is 0 Å². The number of nitrogens with zero attached hydrogens (tertiary/aromatic N) is 4. The Morgan fingerprint density at radius 3 is 2.60 bits per heavy atom. The van der Waals surface area contributed by atoms with E-state index in [2.05, 4.69) is 19.9 Å². The molecule has 1 aliphatic rings. The molecule has 1 saturated carbocycles. The largest absolute Gasteiger partial charge is 0.351 e. The molecular weight excluding hydrogens is 405 g/mol. The number of rotatable bonds is 6. The van der Waals surface area contributed by atoms with Crippen LogP contribution in [0.4, 0.5) is 10.1 Å². The zero-order valence-electron chi connectivity index (χ0n) is 16.1. The van der Waals surface area contributed by atoms with E-state index in [1.165, 1.54) is 28.5 Å². The number of aromatic nitrogens is 3. The number of carbonyl (C=O) groups is 2. The maximum atomic E-state index is 14.1. The summed E-state index contributed by atoms with van der Waals surface area (Å²) in [4.78, 5) is 32.1. The van der Waals surface area contributed by atoms with Gasteiger partial charge in [0.1, 0.15) is 11.9 Å². The minimum atomic E-state index is -1.01. The average Bonchev–Trinajstić information content (AvgIpc) is 3.46. The molecule has 4 rings (SSSR count). The van der Waals surface area contributed by atoms with Gasteiger partial charge in [-0.3, -0.25) is 19.5 Å². The molecule has 2 amide bonds. The van der Waals surface area contributed by atoms with E-state index >= 15 is 0 Å². The van der Waals surface area contributed by atoms with Gasteiger partial charge in [-0.05, 0) is 60.3 Å². The number of hydrogen-bond acceptors (Lipinski definition) is 6. The number of carbonyl (C=O) groups excluding carboxylic acids is 2. The quantitative estimate of drug-likeness (QED) is 0.653. The van der Waals surface area contributed by atoms with E-state index in [4.69, 9.17) is 0 Å². The molecule has 0 bridgehead atoms. The molecule has 0 radical (unpaired) electrons. The Morgan fingerprint density at radius 1 is 1.17 bits per heavy atom. The fourth-order valence-electron chi connectivity index (χ4n) is 3.70. The van der Waals surface area contributed by atoms with Crippen LogP contribution in [-0.2, 0) is 4.79 Å². The van der Waals surface area contributed by atoms with E-state index < -0.39 is 17.8 Å². The second kappa shape index (κ2) is 9.08. The first-order valence-electron chi connectivity index (χ1n) is 9.70. The lowest BCUT2D eigenvalue weighted by Gasteiger charge is -2.31. The van der Waals surface area contributed by atoms with Gasteiger partial charge in [0, 0.05) is 29.5 Å². The Hall–Kier alpha value is -3.20. The lowest BCUT2D eigenvalue weighted by molar-refractivity contribution is -0.123. The van der Waals surface area contributed by atoms with Crippen molar-refractivity contribution in [1.29, 1.82) is 0 Å². The Bertz CT molecular complexity index is 1010. The fraction of sp³-hybridized carbons (Fsp3) is 0.286. The molecule has 7 nitrogen and oxygen atoms in total. The fourth-order valence-corrected chi connectivity index (χ4v) is 4.13. The van der Waals surface area contributed by atoms with Crippen LogP contribution in [0.1, 0.15) is 47.8 Å². The van der Waals surface area contributed by atoms with Crippen LogP contribution in [0.2, 0.25) is 0 Å². The molecule has 1 atom stereocenters. The number of nitrogens with one attached hydrogen (secondary N) is 1. The number of amides is 2. The van der Waals surface area contributed by atoms with Gasteiger partial charge in [0.15, 0.2) is 5.69 Å². The first-order valence-corrected chi connectivity index (χ1v) is 10.5. The lowest BCUT2D eigenvalue weighted by atomic mass is 10.0. The summed E-state index contributed by atoms with van der Waals surface area (Å²) in [5, 5.41) is 8.43. The van der Waals surface area contributed by atoms with Crippen LogP contribution in [-0.4, -0.2) is 32.4 Å². The summed E-state index contributed by atoms with van der Waals surface area (Å²) in [6, 6.07) is 8.03. The molecule has 2 heterocycles. The van der Waals surface area contributed by atoms with Crippen molar-refractivity contribution in [2.75, 3.05) is 4.90 Å². The molecule has 1 fully saturated rings. The molecule has 0 aliphatic heterocycles. The highest BCUT2D eigenvalue weighted by molar-refractivity contribution is 7.03. The van der Waals surface area contributed by atoms with Crippen molar-refractivity contribution in [3.8, 4) is 0 Å². The van der Waals surface area contributed by atoms with Crippen molar-refractivity contribution >= 4 is 29.0 Å². The average molecular weight is 425 g/mol. The van der Waals surface area contributed by atoms with Crippen LogP contribution >= 0.6 is 11.5 Å². The molecule has 2 aromatic heterocycles. The van der Waals surface area contributed by atoms with Gasteiger partial charge in [-0.2, -0.15) is 0 Å². The number of anilines is 1. The second-order valence-electron chi connectivity index (χ2n) is 7.12. The van der Waals surface area contributed by atoms with E-state index in [0.717, 1.165) is 37.2 Å². The minimum Gasteiger partial charge on any atom is -0.351 e. The standard InChI is InChI=1S/C21H20FN5O2S/c22-15-4-3-7-17(12-15)27(21(29)18-13-30-26-25-18)19(14-8-10-23-11-9-14)20(28)24-16-5-1-2-6-16/h3-4,7-13,16,19H,1-2,5-6H2,(H,24,28)/t19-/m0/s1. The summed E-state index contributed by atoms with van der Waals surface area (Å²) >= 11 is 1.03. The van der Waals surface area contributed by atoms with Gasteiger partial charge >= 0.3 is 0 Å². The van der Waals surface area contributed by atoms with Crippen molar-refractivity contribution in [2.45, 2.75) is 37.8 Å². The summed E-state index contributed by atoms with van der Waals surface area (Å²) in [7, 11) is 0. The van der Waals surface area contributed by atoms with Crippen LogP contribution in [0.25, 0.3) is 0 Å². The number of pyridine rings is 1. The van der Waals surface area contributed by atoms with E-state index in [1.807, 2.05) is 0 Å². The van der Waals surface area contributed by atoms with Crippen molar-refractivity contribution in [3.05, 3.63) is 71.2 Å². The number of hydrogen-bond donors (Lipinski definition) is 1. The Kier molecular flexibility index (Phi) is 6.08. The summed E-state index contributed by atoms with van der Waals surface area (Å²) in [6.07, 6.45) is 7.04. The van der Waals surface area contributed by atoms with E-state index in [1.54, 1.807) is 30.6 Å². The predicted molar refractivity (Wildman–Crippen MR) is 110 cm³/mol. The maximum Gasteiger partial charge on any atom is 0.280 e. The van der Waals surface area contributed by atoms with Gasteiger partial charge in [0.2, 0.25) is 5.91 Å². The van der Waals surface area contributed by atoms with Gasteiger partial charge in [-0.15, -0.1) is 5.10 Å². The second-order valence-corrected chi connectivity index (χ2v) is 7.73. The zero-order valence-corrected chi connectivity index (χ0v) is 16.9. The maximum absolute atomic E-state index is 14.1. The molecule has 154 valence electrons. The molecule has 0 unspecified atom stereocenters. The molecule has 1 N–H and O–H groups in total. The third-order valence-electron chi connectivity index (χ3n) is 5.11. The van der Waals surface area contributed by atoms with Crippen LogP contribution in [0.3, 0.4) is 0 Å². The smallest absolute Gasteiger partial charge is 0.280 e. The molecule has 9 heteroatoms. The first-order chi connectivity index (χ1) is 14.6. The summed E-state index contributed by atoms with van der Waals surface area (Å²) in [6.45, 7) is 0.